The maximum absolute atomic E-state index is 13.4. The third-order valence-electron chi connectivity index (χ3n) is 5.53. The summed E-state index contributed by atoms with van der Waals surface area (Å²) in [6.45, 7) is 7.17. The van der Waals surface area contributed by atoms with E-state index >= 15 is 0 Å². The lowest BCUT2D eigenvalue weighted by molar-refractivity contribution is -0.118. The first-order valence-electron chi connectivity index (χ1n) is 10.6. The van der Waals surface area contributed by atoms with E-state index in [1.54, 1.807) is 0 Å². The second kappa shape index (κ2) is 9.23. The zero-order valence-electron chi connectivity index (χ0n) is 18.1. The van der Waals surface area contributed by atoms with Crippen molar-refractivity contribution in [2.45, 2.75) is 32.9 Å². The van der Waals surface area contributed by atoms with E-state index in [1.165, 1.54) is 0 Å². The average molecular weight is 417 g/mol. The van der Waals surface area contributed by atoms with Crippen LogP contribution in [0.15, 0.2) is 66.7 Å². The van der Waals surface area contributed by atoms with Gasteiger partial charge in [0.2, 0.25) is 5.91 Å². The Morgan fingerprint density at radius 3 is 2.39 bits per heavy atom. The predicted molar refractivity (Wildman–Crippen MR) is 123 cm³/mol. The molecule has 160 valence electrons. The molecule has 0 spiro atoms. The molecule has 0 saturated heterocycles. The van der Waals surface area contributed by atoms with Gasteiger partial charge < -0.3 is 14.8 Å². The van der Waals surface area contributed by atoms with Crippen LogP contribution < -0.4 is 20.1 Å². The standard InChI is InChI=1S/C26H28N2O3/c1-17-9-10-18(2)22(15-17)28-26(29)25(20-7-5-4-6-8-20)27-19(3)21-11-12-23-24(16-21)31-14-13-30-23/h4-12,15-16,19,25,27H,13-14H2,1-3H3,(H,28,29)/t19-,25-/m0/s1. The van der Waals surface area contributed by atoms with Gasteiger partial charge in [-0.25, -0.2) is 0 Å². The van der Waals surface area contributed by atoms with Gasteiger partial charge in [-0.3, -0.25) is 10.1 Å². The minimum atomic E-state index is -0.510. The first-order valence-corrected chi connectivity index (χ1v) is 10.6. The summed E-state index contributed by atoms with van der Waals surface area (Å²) in [5.41, 5.74) is 4.92. The SMILES string of the molecule is Cc1ccc(C)c(NC(=O)[C@@H](N[C@@H](C)c2ccc3c(c2)OCCO3)c2ccccc2)c1. The number of fused-ring (bicyclic) bond motifs is 1. The lowest BCUT2D eigenvalue weighted by atomic mass is 10.0. The molecule has 3 aromatic rings. The van der Waals surface area contributed by atoms with E-state index in [0.29, 0.717) is 13.2 Å². The molecule has 0 fully saturated rings. The van der Waals surface area contributed by atoms with E-state index in [-0.39, 0.29) is 11.9 Å². The van der Waals surface area contributed by atoms with Crippen molar-refractivity contribution in [3.05, 3.63) is 89.0 Å². The number of ether oxygens (including phenoxy) is 2. The molecule has 0 saturated carbocycles. The van der Waals surface area contributed by atoms with E-state index in [2.05, 4.69) is 10.6 Å². The van der Waals surface area contributed by atoms with Crippen LogP contribution in [0.3, 0.4) is 0 Å². The Morgan fingerprint density at radius 2 is 1.61 bits per heavy atom. The van der Waals surface area contributed by atoms with E-state index in [9.17, 15) is 4.79 Å². The number of anilines is 1. The maximum atomic E-state index is 13.4. The van der Waals surface area contributed by atoms with Crippen molar-refractivity contribution in [1.29, 1.82) is 0 Å². The van der Waals surface area contributed by atoms with Crippen LogP contribution in [0, 0.1) is 13.8 Å². The lowest BCUT2D eigenvalue weighted by Gasteiger charge is -2.25. The van der Waals surface area contributed by atoms with Crippen molar-refractivity contribution in [2.24, 2.45) is 0 Å². The number of carbonyl (C=O) groups excluding carboxylic acids is 1. The Kier molecular flexibility index (Phi) is 6.23. The first-order chi connectivity index (χ1) is 15.0. The highest BCUT2D eigenvalue weighted by atomic mass is 16.6. The molecule has 2 N–H and O–H groups in total. The molecule has 0 aliphatic carbocycles. The van der Waals surface area contributed by atoms with Gasteiger partial charge in [-0.05, 0) is 61.2 Å². The molecule has 1 aliphatic rings. The molecule has 5 nitrogen and oxygen atoms in total. The van der Waals surface area contributed by atoms with Crippen molar-refractivity contribution in [3.63, 3.8) is 0 Å². The number of amides is 1. The quantitative estimate of drug-likeness (QED) is 0.587. The predicted octanol–water partition coefficient (Wildman–Crippen LogP) is 5.11. The third-order valence-corrected chi connectivity index (χ3v) is 5.53. The van der Waals surface area contributed by atoms with Crippen molar-refractivity contribution in [1.82, 2.24) is 5.32 Å². The summed E-state index contributed by atoms with van der Waals surface area (Å²) >= 11 is 0. The first kappa shape index (κ1) is 20.9. The second-order valence-electron chi connectivity index (χ2n) is 7.94. The van der Waals surface area contributed by atoms with Crippen LogP contribution in [0.2, 0.25) is 0 Å². The summed E-state index contributed by atoms with van der Waals surface area (Å²) in [4.78, 5) is 13.4. The third kappa shape index (κ3) is 4.89. The van der Waals surface area contributed by atoms with Crippen molar-refractivity contribution >= 4 is 11.6 Å². The highest BCUT2D eigenvalue weighted by Crippen LogP contribution is 2.33. The van der Waals surface area contributed by atoms with E-state index < -0.39 is 6.04 Å². The fourth-order valence-corrected chi connectivity index (χ4v) is 3.72. The molecule has 2 atom stereocenters. The van der Waals surface area contributed by atoms with E-state index in [4.69, 9.17) is 9.47 Å². The summed E-state index contributed by atoms with van der Waals surface area (Å²) in [6, 6.07) is 21.2. The van der Waals surface area contributed by atoms with Crippen LogP contribution in [0.25, 0.3) is 0 Å². The van der Waals surface area contributed by atoms with Gasteiger partial charge in [0.15, 0.2) is 11.5 Å². The average Bonchev–Trinajstić information content (AvgIpc) is 2.80. The molecule has 5 heteroatoms. The second-order valence-corrected chi connectivity index (χ2v) is 7.94. The molecule has 1 heterocycles. The zero-order chi connectivity index (χ0) is 21.8. The summed E-state index contributed by atoms with van der Waals surface area (Å²) in [6.07, 6.45) is 0. The van der Waals surface area contributed by atoms with Gasteiger partial charge in [0, 0.05) is 11.7 Å². The van der Waals surface area contributed by atoms with Crippen LogP contribution in [0.5, 0.6) is 11.5 Å². The van der Waals surface area contributed by atoms with Gasteiger partial charge in [-0.2, -0.15) is 0 Å². The van der Waals surface area contributed by atoms with Crippen molar-refractivity contribution in [2.75, 3.05) is 18.5 Å². The summed E-state index contributed by atoms with van der Waals surface area (Å²) in [5, 5.41) is 6.61. The van der Waals surface area contributed by atoms with Gasteiger partial charge in [-0.1, -0.05) is 48.5 Å². The minimum absolute atomic E-state index is 0.0783. The van der Waals surface area contributed by atoms with Gasteiger partial charge in [0.1, 0.15) is 19.3 Å². The molecule has 1 aliphatic heterocycles. The monoisotopic (exact) mass is 416 g/mol. The van der Waals surface area contributed by atoms with Crippen molar-refractivity contribution < 1.29 is 14.3 Å². The fourth-order valence-electron chi connectivity index (χ4n) is 3.72. The maximum Gasteiger partial charge on any atom is 0.246 e. The van der Waals surface area contributed by atoms with E-state index in [1.807, 2.05) is 87.5 Å². The Morgan fingerprint density at radius 1 is 0.871 bits per heavy atom. The molecule has 4 rings (SSSR count). The number of nitrogens with one attached hydrogen (secondary N) is 2. The number of hydrogen-bond acceptors (Lipinski definition) is 4. The highest BCUT2D eigenvalue weighted by molar-refractivity contribution is 5.96. The van der Waals surface area contributed by atoms with Gasteiger partial charge in [0.05, 0.1) is 0 Å². The van der Waals surface area contributed by atoms with Crippen molar-refractivity contribution in [3.8, 4) is 11.5 Å². The number of hydrogen-bond donors (Lipinski definition) is 2. The molecule has 0 aromatic heterocycles. The lowest BCUT2D eigenvalue weighted by Crippen LogP contribution is -2.35. The Balaban J connectivity index is 1.58. The molecular formula is C26H28N2O3. The molecule has 0 bridgehead atoms. The summed E-state index contributed by atoms with van der Waals surface area (Å²) in [7, 11) is 0. The van der Waals surface area contributed by atoms with Crippen LogP contribution in [0.4, 0.5) is 5.69 Å². The normalized spacial score (nSPS) is 14.5. The summed E-state index contributed by atoms with van der Waals surface area (Å²) < 4.78 is 11.3. The Hall–Kier alpha value is -3.31. The van der Waals surface area contributed by atoms with Gasteiger partial charge >= 0.3 is 0 Å². The topological polar surface area (TPSA) is 59.6 Å². The molecule has 31 heavy (non-hydrogen) atoms. The zero-order valence-corrected chi connectivity index (χ0v) is 18.1. The smallest absolute Gasteiger partial charge is 0.246 e. The summed E-state index contributed by atoms with van der Waals surface area (Å²) in [5.74, 6) is 1.41. The molecule has 0 unspecified atom stereocenters. The number of rotatable bonds is 6. The molecule has 0 radical (unpaired) electrons. The van der Waals surface area contributed by atoms with Crippen LogP contribution in [-0.2, 0) is 4.79 Å². The Labute approximate surface area is 183 Å². The van der Waals surface area contributed by atoms with Gasteiger partial charge in [0.25, 0.3) is 0 Å². The Bertz CT molecular complexity index is 1070. The van der Waals surface area contributed by atoms with Gasteiger partial charge in [-0.15, -0.1) is 0 Å². The minimum Gasteiger partial charge on any atom is -0.486 e. The van der Waals surface area contributed by atoms with Crippen LogP contribution >= 0.6 is 0 Å². The number of carbonyl (C=O) groups is 1. The number of benzene rings is 3. The molecule has 3 aromatic carbocycles. The largest absolute Gasteiger partial charge is 0.486 e. The number of aryl methyl sites for hydroxylation is 2. The van der Waals surface area contributed by atoms with Crippen LogP contribution in [0.1, 0.15) is 41.3 Å². The molecule has 1 amide bonds. The van der Waals surface area contributed by atoms with Crippen LogP contribution in [-0.4, -0.2) is 19.1 Å². The fraction of sp³-hybridized carbons (Fsp3) is 0.269. The molecular weight excluding hydrogens is 388 g/mol. The highest BCUT2D eigenvalue weighted by Gasteiger charge is 2.24. The van der Waals surface area contributed by atoms with E-state index in [0.717, 1.165) is 39.4 Å².